The van der Waals surface area contributed by atoms with Gasteiger partial charge >= 0.3 is 0 Å². The molecule has 0 unspecified atom stereocenters. The molecule has 11 rings (SSSR count). The van der Waals surface area contributed by atoms with Crippen LogP contribution in [0.4, 0.5) is 22.7 Å². The topological polar surface area (TPSA) is 33.5 Å². The van der Waals surface area contributed by atoms with Gasteiger partial charge in [0, 0.05) is 72.5 Å². The van der Waals surface area contributed by atoms with E-state index in [1.54, 1.807) is 0 Å². The molecule has 6 heteroatoms. The zero-order valence-electron chi connectivity index (χ0n) is 40.0. The first kappa shape index (κ1) is 45.6. The Balaban J connectivity index is 0.00000553. The van der Waals surface area contributed by atoms with E-state index >= 15 is 0 Å². The first-order valence-electron chi connectivity index (χ1n) is 23.4. The van der Waals surface area contributed by atoms with Crippen LogP contribution < -0.4 is 14.5 Å². The SMILES string of the molecule is Cc1cc(-n2c3[c-]c(Oc4[c-]c(N5[CH-]N(c6cc(C(C)(C)C)cc(C(C)(C)C)c6)c6c(-c7ccccc7)cccc65)ccc4)ccc3c3ccccc32)ncc1-c1ccc(-c2ccccc2)cc1.[Pt]. The summed E-state index contributed by atoms with van der Waals surface area (Å²) in [6.45, 7) is 18.1. The van der Waals surface area contributed by atoms with Crippen molar-refractivity contribution in [1.82, 2.24) is 9.55 Å². The molecule has 0 bridgehead atoms. The minimum atomic E-state index is -0.0400. The number of anilines is 4. The molecule has 0 N–H and O–H groups in total. The van der Waals surface area contributed by atoms with Gasteiger partial charge in [0.1, 0.15) is 5.82 Å². The minimum Gasteiger partial charge on any atom is -0.509 e. The predicted octanol–water partition coefficient (Wildman–Crippen LogP) is 16.9. The van der Waals surface area contributed by atoms with Crippen LogP contribution in [-0.4, -0.2) is 9.55 Å². The normalized spacial score (nSPS) is 12.6. The first-order valence-corrected chi connectivity index (χ1v) is 23.4. The number of fused-ring (bicyclic) bond motifs is 4. The van der Waals surface area contributed by atoms with Gasteiger partial charge in [0.25, 0.3) is 0 Å². The van der Waals surface area contributed by atoms with Crippen molar-refractivity contribution in [2.45, 2.75) is 59.3 Å². The summed E-state index contributed by atoms with van der Waals surface area (Å²) >= 11 is 0. The van der Waals surface area contributed by atoms with Crippen LogP contribution in [0.3, 0.4) is 0 Å². The van der Waals surface area contributed by atoms with E-state index in [4.69, 9.17) is 9.72 Å². The fraction of sp³-hybridized carbons (Fsp3) is 0.143. The minimum absolute atomic E-state index is 0. The Labute approximate surface area is 420 Å². The van der Waals surface area contributed by atoms with Gasteiger partial charge in [-0.1, -0.05) is 168 Å². The molecule has 0 saturated heterocycles. The van der Waals surface area contributed by atoms with Gasteiger partial charge in [-0.15, -0.1) is 48.1 Å². The Hall–Kier alpha value is -7.20. The molecular weight excluding hydrogens is 1020 g/mol. The van der Waals surface area contributed by atoms with E-state index < -0.39 is 0 Å². The number of para-hydroxylation sites is 2. The van der Waals surface area contributed by atoms with Crippen molar-refractivity contribution in [1.29, 1.82) is 0 Å². The quantitative estimate of drug-likeness (QED) is 0.142. The molecule has 2 aromatic heterocycles. The number of hydrogen-bond acceptors (Lipinski definition) is 4. The monoisotopic (exact) mass is 1080 g/mol. The Bertz CT molecular complexity index is 3460. The van der Waals surface area contributed by atoms with Gasteiger partial charge < -0.3 is 19.1 Å². The number of benzene rings is 8. The summed E-state index contributed by atoms with van der Waals surface area (Å²) in [5.41, 5.74) is 16.7. The molecule has 0 amide bonds. The summed E-state index contributed by atoms with van der Waals surface area (Å²) in [6.07, 6.45) is 1.99. The second-order valence-electron chi connectivity index (χ2n) is 19.9. The van der Waals surface area contributed by atoms with Crippen LogP contribution in [0.5, 0.6) is 11.5 Å². The van der Waals surface area contributed by atoms with Gasteiger partial charge in [-0.25, -0.2) is 4.98 Å². The van der Waals surface area contributed by atoms with Gasteiger partial charge in [0.2, 0.25) is 0 Å². The molecule has 69 heavy (non-hydrogen) atoms. The smallest absolute Gasteiger partial charge is 0.135 e. The van der Waals surface area contributed by atoms with Crippen LogP contribution in [0, 0.1) is 25.7 Å². The maximum atomic E-state index is 6.72. The number of aromatic nitrogens is 2. The zero-order chi connectivity index (χ0) is 46.7. The summed E-state index contributed by atoms with van der Waals surface area (Å²) in [6, 6.07) is 71.7. The molecule has 0 radical (unpaired) electrons. The molecule has 344 valence electrons. The van der Waals surface area contributed by atoms with E-state index in [1.165, 1.54) is 22.3 Å². The molecule has 8 aromatic carbocycles. The number of aryl methyl sites for hydroxylation is 1. The number of pyridine rings is 1. The summed E-state index contributed by atoms with van der Waals surface area (Å²) in [4.78, 5) is 9.68. The molecule has 3 heterocycles. The first-order chi connectivity index (χ1) is 32.9. The molecule has 10 aromatic rings. The van der Waals surface area contributed by atoms with Crippen molar-refractivity contribution < 1.29 is 25.8 Å². The van der Waals surface area contributed by atoms with E-state index in [0.29, 0.717) is 11.5 Å². The van der Waals surface area contributed by atoms with Crippen molar-refractivity contribution in [2.75, 3.05) is 9.80 Å². The van der Waals surface area contributed by atoms with Crippen LogP contribution in [0.2, 0.25) is 0 Å². The largest absolute Gasteiger partial charge is 0.509 e. The summed E-state index contributed by atoms with van der Waals surface area (Å²) < 4.78 is 8.91. The number of nitrogens with zero attached hydrogens (tertiary/aromatic N) is 4. The standard InChI is InChI=1S/C63H53N4O.Pt/c1-42-34-60(64-40-56(42)46-30-28-44(29-31-46)43-18-10-8-11-19-43)67-57-26-15-14-24-54(57)55-33-32-52(39-59(55)67)68-51-23-16-22-49(38-51)65-41-66(50-36-47(62(2,3)4)35-48(37-50)63(5,6)7)61-53(25-17-27-58(61)65)45-20-12-9-13-21-45;/h8-37,40-41H,1-7H3;/q-3;. The molecule has 1 aliphatic heterocycles. The van der Waals surface area contributed by atoms with Crippen molar-refractivity contribution in [3.63, 3.8) is 0 Å². The van der Waals surface area contributed by atoms with E-state index in [9.17, 15) is 0 Å². The van der Waals surface area contributed by atoms with Crippen molar-refractivity contribution in [3.8, 4) is 50.7 Å². The maximum Gasteiger partial charge on any atom is 0.135 e. The molecule has 0 spiro atoms. The summed E-state index contributed by atoms with van der Waals surface area (Å²) in [7, 11) is 0. The van der Waals surface area contributed by atoms with Crippen LogP contribution in [0.1, 0.15) is 58.2 Å². The van der Waals surface area contributed by atoms with Crippen LogP contribution in [0.15, 0.2) is 188 Å². The number of hydrogen-bond donors (Lipinski definition) is 0. The summed E-state index contributed by atoms with van der Waals surface area (Å²) in [5.74, 6) is 2.01. The third-order valence-corrected chi connectivity index (χ3v) is 13.2. The number of rotatable bonds is 8. The predicted molar refractivity (Wildman–Crippen MR) is 283 cm³/mol. The van der Waals surface area contributed by atoms with Gasteiger partial charge in [0.15, 0.2) is 0 Å². The van der Waals surface area contributed by atoms with E-state index in [-0.39, 0.29) is 31.9 Å². The fourth-order valence-electron chi connectivity index (χ4n) is 9.43. The third-order valence-electron chi connectivity index (χ3n) is 13.2. The van der Waals surface area contributed by atoms with Crippen molar-refractivity contribution in [3.05, 3.63) is 224 Å². The average Bonchev–Trinajstić information content (AvgIpc) is 3.90. The summed E-state index contributed by atoms with van der Waals surface area (Å²) in [5, 5.41) is 2.21. The van der Waals surface area contributed by atoms with Crippen molar-refractivity contribution in [2.24, 2.45) is 0 Å². The zero-order valence-corrected chi connectivity index (χ0v) is 42.3. The molecule has 0 atom stereocenters. The Morgan fingerprint density at radius 2 is 1.13 bits per heavy atom. The molecule has 0 aliphatic carbocycles. The third kappa shape index (κ3) is 8.66. The fourth-order valence-corrected chi connectivity index (χ4v) is 9.43. The van der Waals surface area contributed by atoms with Crippen LogP contribution in [0.25, 0.3) is 61.0 Å². The molecule has 0 saturated carbocycles. The van der Waals surface area contributed by atoms with Crippen LogP contribution >= 0.6 is 0 Å². The molecule has 5 nitrogen and oxygen atoms in total. The Morgan fingerprint density at radius 1 is 0.522 bits per heavy atom. The molecule has 1 aliphatic rings. The second kappa shape index (κ2) is 18.0. The van der Waals surface area contributed by atoms with Gasteiger partial charge in [0.05, 0.1) is 0 Å². The second-order valence-corrected chi connectivity index (χ2v) is 19.9. The molecular formula is C63H53N4OPt-3. The van der Waals surface area contributed by atoms with Crippen LogP contribution in [-0.2, 0) is 31.9 Å². The van der Waals surface area contributed by atoms with Crippen molar-refractivity contribution >= 4 is 44.6 Å². The molecule has 0 fully saturated rings. The Morgan fingerprint density at radius 3 is 1.83 bits per heavy atom. The Kier molecular flexibility index (Phi) is 11.9. The van der Waals surface area contributed by atoms with Gasteiger partial charge in [-0.05, 0) is 92.4 Å². The van der Waals surface area contributed by atoms with E-state index in [1.807, 2.05) is 30.5 Å². The van der Waals surface area contributed by atoms with E-state index in [0.717, 1.165) is 78.2 Å². The number of ether oxygens (including phenoxy) is 1. The van der Waals surface area contributed by atoms with Gasteiger partial charge in [-0.2, -0.15) is 12.1 Å². The average molecular weight is 1080 g/mol. The van der Waals surface area contributed by atoms with Gasteiger partial charge in [-0.3, -0.25) is 0 Å². The maximum absolute atomic E-state index is 6.72. The van der Waals surface area contributed by atoms with E-state index in [2.05, 4.69) is 239 Å².